The summed E-state index contributed by atoms with van der Waals surface area (Å²) in [7, 11) is 0. The van der Waals surface area contributed by atoms with Crippen molar-refractivity contribution < 1.29 is 0 Å². The van der Waals surface area contributed by atoms with Crippen LogP contribution in [-0.2, 0) is 13.1 Å². The normalized spacial score (nSPS) is 10.6. The lowest BCUT2D eigenvalue weighted by Gasteiger charge is -2.08. The summed E-state index contributed by atoms with van der Waals surface area (Å²) >= 11 is 1.73. The van der Waals surface area contributed by atoms with Crippen LogP contribution in [0.25, 0.3) is 0 Å². The molecule has 0 spiro atoms. The fraction of sp³-hybridized carbons (Fsp3) is 0.636. The molecule has 90 valence electrons. The van der Waals surface area contributed by atoms with Crippen LogP contribution in [-0.4, -0.2) is 20.6 Å². The fourth-order valence-corrected chi connectivity index (χ4v) is 2.07. The van der Waals surface area contributed by atoms with Crippen LogP contribution < -0.4 is 11.2 Å². The molecule has 5 heteroatoms. The van der Waals surface area contributed by atoms with Gasteiger partial charge in [0.1, 0.15) is 0 Å². The quantitative estimate of drug-likeness (QED) is 0.703. The monoisotopic (exact) mass is 242 g/mol. The standard InChI is InChI=1S/C11H18N2O2S/c1-3-6-12-7-5-10(14)13(11(12)15)8-9-16-4-2/h5,7H,3-4,6,8-9H2,1-2H3. The molecule has 0 fully saturated rings. The zero-order valence-electron chi connectivity index (χ0n) is 9.81. The molecule has 1 aromatic rings. The average Bonchev–Trinajstić information content (AvgIpc) is 2.27. The second kappa shape index (κ2) is 6.58. The van der Waals surface area contributed by atoms with Gasteiger partial charge < -0.3 is 4.57 Å². The maximum absolute atomic E-state index is 11.9. The molecule has 0 aromatic carbocycles. The van der Waals surface area contributed by atoms with E-state index in [0.717, 1.165) is 17.9 Å². The third-order valence-corrected chi connectivity index (χ3v) is 3.15. The van der Waals surface area contributed by atoms with Crippen LogP contribution in [0.3, 0.4) is 0 Å². The van der Waals surface area contributed by atoms with E-state index in [4.69, 9.17) is 0 Å². The van der Waals surface area contributed by atoms with Crippen LogP contribution in [0.5, 0.6) is 0 Å². The molecule has 0 radical (unpaired) electrons. The van der Waals surface area contributed by atoms with Gasteiger partial charge >= 0.3 is 5.69 Å². The predicted octanol–water partition coefficient (Wildman–Crippen LogP) is 1.17. The van der Waals surface area contributed by atoms with Gasteiger partial charge in [-0.3, -0.25) is 9.36 Å². The van der Waals surface area contributed by atoms with Gasteiger partial charge in [0, 0.05) is 31.1 Å². The fourth-order valence-electron chi connectivity index (χ4n) is 1.47. The van der Waals surface area contributed by atoms with Gasteiger partial charge in [0.15, 0.2) is 0 Å². The highest BCUT2D eigenvalue weighted by Crippen LogP contribution is 1.97. The second-order valence-electron chi connectivity index (χ2n) is 3.48. The lowest BCUT2D eigenvalue weighted by Crippen LogP contribution is -2.39. The molecule has 4 nitrogen and oxygen atoms in total. The summed E-state index contributed by atoms with van der Waals surface area (Å²) in [6.07, 6.45) is 2.47. The first-order chi connectivity index (χ1) is 7.70. The Kier molecular flexibility index (Phi) is 5.38. The van der Waals surface area contributed by atoms with Crippen molar-refractivity contribution in [2.75, 3.05) is 11.5 Å². The Labute approximate surface area is 99.3 Å². The molecule has 0 saturated carbocycles. The molecule has 1 aromatic heterocycles. The molecule has 0 aliphatic rings. The lowest BCUT2D eigenvalue weighted by molar-refractivity contribution is 0.564. The van der Waals surface area contributed by atoms with Crippen LogP contribution in [0.1, 0.15) is 20.3 Å². The summed E-state index contributed by atoms with van der Waals surface area (Å²) in [5.41, 5.74) is -0.389. The van der Waals surface area contributed by atoms with Gasteiger partial charge in [0.05, 0.1) is 0 Å². The van der Waals surface area contributed by atoms with Crippen molar-refractivity contribution in [2.24, 2.45) is 0 Å². The zero-order chi connectivity index (χ0) is 12.0. The first kappa shape index (κ1) is 13.1. The highest BCUT2D eigenvalue weighted by Gasteiger charge is 2.03. The Morgan fingerprint density at radius 1 is 1.25 bits per heavy atom. The molecule has 0 unspecified atom stereocenters. The van der Waals surface area contributed by atoms with Gasteiger partial charge in [-0.05, 0) is 12.2 Å². The van der Waals surface area contributed by atoms with Gasteiger partial charge in [-0.25, -0.2) is 4.79 Å². The van der Waals surface area contributed by atoms with E-state index < -0.39 is 0 Å². The van der Waals surface area contributed by atoms with Crippen LogP contribution in [0.2, 0.25) is 0 Å². The van der Waals surface area contributed by atoms with Crippen molar-refractivity contribution in [3.05, 3.63) is 33.1 Å². The highest BCUT2D eigenvalue weighted by atomic mass is 32.2. The van der Waals surface area contributed by atoms with E-state index in [1.165, 1.54) is 10.6 Å². The van der Waals surface area contributed by atoms with Gasteiger partial charge in [0.25, 0.3) is 5.56 Å². The molecule has 1 heterocycles. The van der Waals surface area contributed by atoms with Crippen molar-refractivity contribution in [1.82, 2.24) is 9.13 Å². The second-order valence-corrected chi connectivity index (χ2v) is 4.87. The zero-order valence-corrected chi connectivity index (χ0v) is 10.6. The number of aromatic nitrogens is 2. The number of thioether (sulfide) groups is 1. The topological polar surface area (TPSA) is 44.0 Å². The van der Waals surface area contributed by atoms with E-state index in [1.807, 2.05) is 6.92 Å². The average molecular weight is 242 g/mol. The molecule has 0 atom stereocenters. The van der Waals surface area contributed by atoms with Gasteiger partial charge in [-0.15, -0.1) is 0 Å². The minimum absolute atomic E-state index is 0.189. The largest absolute Gasteiger partial charge is 0.330 e. The number of aryl methyl sites for hydroxylation is 1. The van der Waals surface area contributed by atoms with E-state index in [9.17, 15) is 9.59 Å². The van der Waals surface area contributed by atoms with Crippen molar-refractivity contribution in [2.45, 2.75) is 33.4 Å². The smallest absolute Gasteiger partial charge is 0.300 e. The minimum atomic E-state index is -0.200. The van der Waals surface area contributed by atoms with Crippen molar-refractivity contribution in [3.63, 3.8) is 0 Å². The molecule has 0 bridgehead atoms. The number of hydrogen-bond donors (Lipinski definition) is 0. The Hall–Kier alpha value is -0.970. The number of rotatable bonds is 6. The van der Waals surface area contributed by atoms with Crippen molar-refractivity contribution >= 4 is 11.8 Å². The van der Waals surface area contributed by atoms with Crippen molar-refractivity contribution in [3.8, 4) is 0 Å². The maximum atomic E-state index is 11.9. The van der Waals surface area contributed by atoms with Gasteiger partial charge in [-0.1, -0.05) is 13.8 Å². The SMILES string of the molecule is CCCn1ccc(=O)n(CCSCC)c1=O. The minimum Gasteiger partial charge on any atom is -0.300 e. The summed E-state index contributed by atoms with van der Waals surface area (Å²) in [6, 6.07) is 1.47. The Bertz CT molecular complexity index is 436. The number of nitrogens with zero attached hydrogens (tertiary/aromatic N) is 2. The van der Waals surface area contributed by atoms with Crippen LogP contribution in [0.15, 0.2) is 21.9 Å². The van der Waals surface area contributed by atoms with E-state index in [-0.39, 0.29) is 11.2 Å². The molecule has 0 saturated heterocycles. The molecular weight excluding hydrogens is 224 g/mol. The van der Waals surface area contributed by atoms with E-state index in [1.54, 1.807) is 22.5 Å². The van der Waals surface area contributed by atoms with Crippen LogP contribution in [0, 0.1) is 0 Å². The Balaban J connectivity index is 2.93. The lowest BCUT2D eigenvalue weighted by atomic mass is 10.4. The molecule has 0 aliphatic carbocycles. The van der Waals surface area contributed by atoms with Crippen LogP contribution >= 0.6 is 11.8 Å². The first-order valence-electron chi connectivity index (χ1n) is 5.58. The summed E-state index contributed by atoms with van der Waals surface area (Å²) in [5.74, 6) is 1.81. The summed E-state index contributed by atoms with van der Waals surface area (Å²) in [6.45, 7) is 5.24. The summed E-state index contributed by atoms with van der Waals surface area (Å²) in [5, 5.41) is 0. The summed E-state index contributed by atoms with van der Waals surface area (Å²) < 4.78 is 2.91. The molecule has 16 heavy (non-hydrogen) atoms. The third-order valence-electron chi connectivity index (χ3n) is 2.27. The molecule has 1 rings (SSSR count). The highest BCUT2D eigenvalue weighted by molar-refractivity contribution is 7.99. The molecule has 0 amide bonds. The third kappa shape index (κ3) is 3.27. The maximum Gasteiger partial charge on any atom is 0.330 e. The Morgan fingerprint density at radius 3 is 2.62 bits per heavy atom. The van der Waals surface area contributed by atoms with Crippen LogP contribution in [0.4, 0.5) is 0 Å². The summed E-state index contributed by atoms with van der Waals surface area (Å²) in [4.78, 5) is 23.4. The van der Waals surface area contributed by atoms with Crippen molar-refractivity contribution in [1.29, 1.82) is 0 Å². The Morgan fingerprint density at radius 2 is 2.00 bits per heavy atom. The van der Waals surface area contributed by atoms with E-state index in [0.29, 0.717) is 13.1 Å². The molecule has 0 aliphatic heterocycles. The molecule has 0 N–H and O–H groups in total. The molecular formula is C11H18N2O2S. The van der Waals surface area contributed by atoms with E-state index in [2.05, 4.69) is 6.92 Å². The van der Waals surface area contributed by atoms with E-state index >= 15 is 0 Å². The van der Waals surface area contributed by atoms with Gasteiger partial charge in [-0.2, -0.15) is 11.8 Å². The first-order valence-corrected chi connectivity index (χ1v) is 6.74. The number of hydrogen-bond acceptors (Lipinski definition) is 3. The van der Waals surface area contributed by atoms with Gasteiger partial charge in [0.2, 0.25) is 0 Å². The predicted molar refractivity (Wildman–Crippen MR) is 68.3 cm³/mol.